The molecule has 0 aromatic heterocycles. The van der Waals surface area contributed by atoms with E-state index in [0.29, 0.717) is 0 Å². The van der Waals surface area contributed by atoms with Gasteiger partial charge in [-0.2, -0.15) is 0 Å². The summed E-state index contributed by atoms with van der Waals surface area (Å²) in [6.45, 7) is 3.12. The van der Waals surface area contributed by atoms with Gasteiger partial charge in [0.2, 0.25) is 5.82 Å². The fourth-order valence-corrected chi connectivity index (χ4v) is 0.934. The van der Waals surface area contributed by atoms with E-state index in [9.17, 15) is 22.0 Å². The summed E-state index contributed by atoms with van der Waals surface area (Å²) in [7, 11) is 0. The van der Waals surface area contributed by atoms with E-state index >= 15 is 0 Å². The summed E-state index contributed by atoms with van der Waals surface area (Å²) in [6.07, 6.45) is 1.22. The normalized spacial score (nSPS) is 10.2. The summed E-state index contributed by atoms with van der Waals surface area (Å²) >= 11 is 0. The molecule has 0 fully saturated rings. The van der Waals surface area contributed by atoms with Crippen LogP contribution in [0.25, 0.3) is 0 Å². The third-order valence-corrected chi connectivity index (χ3v) is 1.63. The van der Waals surface area contributed by atoms with E-state index in [2.05, 4.69) is 6.58 Å². The number of hydrogen-bond acceptors (Lipinski definition) is 1. The minimum Gasteiger partial charge on any atom is -0.377 e. The maximum atomic E-state index is 12.9. The van der Waals surface area contributed by atoms with Crippen molar-refractivity contribution in [2.24, 2.45) is 0 Å². The van der Waals surface area contributed by atoms with Crippen LogP contribution in [-0.4, -0.2) is 6.54 Å². The van der Waals surface area contributed by atoms with E-state index in [-0.39, 0.29) is 6.54 Å². The molecule has 0 aliphatic carbocycles. The van der Waals surface area contributed by atoms with Gasteiger partial charge >= 0.3 is 0 Å². The Bertz CT molecular complexity index is 373. The van der Waals surface area contributed by atoms with Gasteiger partial charge in [-0.3, -0.25) is 0 Å². The second-order valence-corrected chi connectivity index (χ2v) is 2.61. The lowest BCUT2D eigenvalue weighted by Crippen LogP contribution is -2.09. The van der Waals surface area contributed by atoms with Gasteiger partial charge in [-0.25, -0.2) is 22.0 Å². The van der Waals surface area contributed by atoms with Crippen molar-refractivity contribution in [3.8, 4) is 0 Å². The molecule has 0 heterocycles. The molecular formula is C9H6F5N. The van der Waals surface area contributed by atoms with Gasteiger partial charge < -0.3 is 5.32 Å². The van der Waals surface area contributed by atoms with Crippen LogP contribution in [0.5, 0.6) is 0 Å². The highest BCUT2D eigenvalue weighted by molar-refractivity contribution is 5.48. The number of rotatable bonds is 3. The zero-order valence-corrected chi connectivity index (χ0v) is 7.38. The maximum absolute atomic E-state index is 12.9. The smallest absolute Gasteiger partial charge is 0.200 e. The molecule has 0 spiro atoms. The van der Waals surface area contributed by atoms with Crippen molar-refractivity contribution >= 4 is 5.69 Å². The van der Waals surface area contributed by atoms with Crippen LogP contribution in [-0.2, 0) is 0 Å². The van der Waals surface area contributed by atoms with Gasteiger partial charge in [-0.05, 0) is 0 Å². The highest BCUT2D eigenvalue weighted by atomic mass is 19.2. The SMILES string of the molecule is C=CCNc1c(F)c(F)c(F)c(F)c1F. The minimum atomic E-state index is -2.17. The van der Waals surface area contributed by atoms with Crippen LogP contribution in [0.15, 0.2) is 12.7 Å². The average molecular weight is 223 g/mol. The summed E-state index contributed by atoms with van der Waals surface area (Å²) in [5.74, 6) is -9.88. The minimum absolute atomic E-state index is 0.113. The van der Waals surface area contributed by atoms with Crippen molar-refractivity contribution in [3.05, 3.63) is 41.7 Å². The summed E-state index contributed by atoms with van der Waals surface area (Å²) in [4.78, 5) is 0. The molecule has 1 N–H and O–H groups in total. The molecule has 82 valence electrons. The molecule has 1 aromatic carbocycles. The molecule has 0 unspecified atom stereocenters. The number of hydrogen-bond donors (Lipinski definition) is 1. The molecule has 0 saturated heterocycles. The van der Waals surface area contributed by atoms with Crippen molar-refractivity contribution in [2.75, 3.05) is 11.9 Å². The lowest BCUT2D eigenvalue weighted by Gasteiger charge is -2.08. The van der Waals surface area contributed by atoms with Gasteiger partial charge in [0, 0.05) is 6.54 Å². The molecule has 1 aromatic rings. The second-order valence-electron chi connectivity index (χ2n) is 2.61. The number of nitrogens with one attached hydrogen (secondary N) is 1. The van der Waals surface area contributed by atoms with Gasteiger partial charge in [0.1, 0.15) is 5.69 Å². The Morgan fingerprint density at radius 1 is 0.867 bits per heavy atom. The number of anilines is 1. The number of halogens is 5. The second kappa shape index (κ2) is 4.29. The van der Waals surface area contributed by atoms with Gasteiger partial charge in [0.25, 0.3) is 0 Å². The lowest BCUT2D eigenvalue weighted by molar-refractivity contribution is 0.381. The van der Waals surface area contributed by atoms with Crippen molar-refractivity contribution in [1.29, 1.82) is 0 Å². The first-order chi connectivity index (χ1) is 7.00. The molecular weight excluding hydrogens is 217 g/mol. The molecule has 0 radical (unpaired) electrons. The van der Waals surface area contributed by atoms with Gasteiger partial charge in [-0.15, -0.1) is 6.58 Å². The Hall–Kier alpha value is -1.59. The molecule has 1 rings (SSSR count). The van der Waals surface area contributed by atoms with Crippen LogP contribution >= 0.6 is 0 Å². The topological polar surface area (TPSA) is 12.0 Å². The van der Waals surface area contributed by atoms with Crippen molar-refractivity contribution in [3.63, 3.8) is 0 Å². The van der Waals surface area contributed by atoms with Crippen LogP contribution in [0.3, 0.4) is 0 Å². The first-order valence-electron chi connectivity index (χ1n) is 3.86. The fourth-order valence-electron chi connectivity index (χ4n) is 0.934. The third kappa shape index (κ3) is 1.93. The Morgan fingerprint density at radius 2 is 1.27 bits per heavy atom. The van der Waals surface area contributed by atoms with Crippen LogP contribution in [0.1, 0.15) is 0 Å². The van der Waals surface area contributed by atoms with Crippen molar-refractivity contribution < 1.29 is 22.0 Å². The van der Waals surface area contributed by atoms with Crippen molar-refractivity contribution in [2.45, 2.75) is 0 Å². The Balaban J connectivity index is 3.31. The van der Waals surface area contributed by atoms with E-state index in [1.165, 1.54) is 6.08 Å². The largest absolute Gasteiger partial charge is 0.377 e. The molecule has 1 nitrogen and oxygen atoms in total. The third-order valence-electron chi connectivity index (χ3n) is 1.63. The predicted octanol–water partition coefficient (Wildman–Crippen LogP) is 2.98. The molecule has 0 bridgehead atoms. The molecule has 0 amide bonds. The average Bonchev–Trinajstić information content (AvgIpc) is 2.24. The van der Waals surface area contributed by atoms with E-state index < -0.39 is 34.8 Å². The lowest BCUT2D eigenvalue weighted by atomic mass is 10.2. The molecule has 6 heteroatoms. The fraction of sp³-hybridized carbons (Fsp3) is 0.111. The summed E-state index contributed by atoms with van der Waals surface area (Å²) in [5, 5.41) is 2.03. The van der Waals surface area contributed by atoms with Crippen LogP contribution < -0.4 is 5.32 Å². The summed E-state index contributed by atoms with van der Waals surface area (Å²) in [5.41, 5.74) is -1.05. The van der Waals surface area contributed by atoms with Crippen molar-refractivity contribution in [1.82, 2.24) is 0 Å². The van der Waals surface area contributed by atoms with Crippen LogP contribution in [0, 0.1) is 29.1 Å². The van der Waals surface area contributed by atoms with Gasteiger partial charge in [0.15, 0.2) is 23.3 Å². The monoisotopic (exact) mass is 223 g/mol. The molecule has 0 aliphatic rings. The summed E-state index contributed by atoms with van der Waals surface area (Å²) in [6, 6.07) is 0. The highest BCUT2D eigenvalue weighted by Gasteiger charge is 2.25. The molecule has 0 saturated carbocycles. The summed E-state index contributed by atoms with van der Waals surface area (Å²) < 4.78 is 63.6. The van der Waals surface area contributed by atoms with Gasteiger partial charge in [-0.1, -0.05) is 6.08 Å². The van der Waals surface area contributed by atoms with Gasteiger partial charge in [0.05, 0.1) is 0 Å². The van der Waals surface area contributed by atoms with Crippen LogP contribution in [0.2, 0.25) is 0 Å². The van der Waals surface area contributed by atoms with E-state index in [1.54, 1.807) is 0 Å². The van der Waals surface area contributed by atoms with E-state index in [1.807, 2.05) is 5.32 Å². The maximum Gasteiger partial charge on any atom is 0.200 e. The van der Waals surface area contributed by atoms with E-state index in [4.69, 9.17) is 0 Å². The zero-order valence-electron chi connectivity index (χ0n) is 7.38. The molecule has 0 aliphatic heterocycles. The standard InChI is InChI=1S/C9H6F5N/c1-2-3-15-9-7(13)5(11)4(10)6(12)8(9)14/h2,15H,1,3H2. The predicted molar refractivity (Wildman–Crippen MR) is 44.9 cm³/mol. The zero-order chi connectivity index (χ0) is 11.6. The first-order valence-corrected chi connectivity index (χ1v) is 3.86. The highest BCUT2D eigenvalue weighted by Crippen LogP contribution is 2.26. The molecule has 15 heavy (non-hydrogen) atoms. The Kier molecular flexibility index (Phi) is 3.28. The van der Waals surface area contributed by atoms with Crippen LogP contribution in [0.4, 0.5) is 27.6 Å². The molecule has 0 atom stereocenters. The Labute approximate surface area is 82.2 Å². The Morgan fingerprint density at radius 3 is 1.67 bits per heavy atom. The first kappa shape index (κ1) is 11.5. The van der Waals surface area contributed by atoms with E-state index in [0.717, 1.165) is 0 Å². The number of benzene rings is 1. The quantitative estimate of drug-likeness (QED) is 0.359.